The van der Waals surface area contributed by atoms with Crippen molar-refractivity contribution in [2.75, 3.05) is 26.9 Å². The van der Waals surface area contributed by atoms with Crippen LogP contribution in [0.1, 0.15) is 18.9 Å². The molecule has 6 nitrogen and oxygen atoms in total. The van der Waals surface area contributed by atoms with Crippen LogP contribution in [0.25, 0.3) is 0 Å². The van der Waals surface area contributed by atoms with Crippen molar-refractivity contribution in [2.45, 2.75) is 19.9 Å². The number of methoxy groups -OCH3 is 1. The number of nitro groups is 1. The van der Waals surface area contributed by atoms with E-state index in [0.717, 1.165) is 11.1 Å². The van der Waals surface area contributed by atoms with Crippen molar-refractivity contribution < 1.29 is 14.4 Å². The normalized spacial score (nSPS) is 10.4. The van der Waals surface area contributed by atoms with Crippen LogP contribution in [0.3, 0.4) is 0 Å². The van der Waals surface area contributed by atoms with Gasteiger partial charge in [0, 0.05) is 32.7 Å². The molecule has 0 aliphatic carbocycles. The molecule has 6 heteroatoms. The molecule has 0 atom stereocenters. The lowest BCUT2D eigenvalue weighted by atomic mass is 10.2. The summed E-state index contributed by atoms with van der Waals surface area (Å²) in [5, 5.41) is 14.3. The summed E-state index contributed by atoms with van der Waals surface area (Å²) in [6, 6.07) is 5.00. The van der Waals surface area contributed by atoms with Crippen molar-refractivity contribution in [1.29, 1.82) is 0 Å². The second kappa shape index (κ2) is 9.10. The van der Waals surface area contributed by atoms with Crippen molar-refractivity contribution in [1.82, 2.24) is 5.32 Å². The van der Waals surface area contributed by atoms with Crippen molar-refractivity contribution in [3.63, 3.8) is 0 Å². The van der Waals surface area contributed by atoms with Crippen molar-refractivity contribution in [3.05, 3.63) is 46.0 Å². The number of nitrogens with one attached hydrogen (secondary N) is 1. The minimum Gasteiger partial charge on any atom is -0.486 e. The van der Waals surface area contributed by atoms with Gasteiger partial charge in [0.15, 0.2) is 5.75 Å². The van der Waals surface area contributed by atoms with Gasteiger partial charge in [0.2, 0.25) is 0 Å². The molecule has 0 amide bonds. The maximum Gasteiger partial charge on any atom is 0.311 e. The van der Waals surface area contributed by atoms with Crippen LogP contribution >= 0.6 is 0 Å². The Labute approximate surface area is 124 Å². The monoisotopic (exact) mass is 294 g/mol. The third kappa shape index (κ3) is 6.37. The highest BCUT2D eigenvalue weighted by atomic mass is 16.6. The number of ether oxygens (including phenoxy) is 2. The van der Waals surface area contributed by atoms with Gasteiger partial charge < -0.3 is 14.8 Å². The second-order valence-electron chi connectivity index (χ2n) is 4.78. The molecule has 0 saturated carbocycles. The zero-order valence-corrected chi connectivity index (χ0v) is 12.6. The molecule has 0 unspecified atom stereocenters. The Bertz CT molecular complexity index is 489. The number of hydrogen-bond donors (Lipinski definition) is 1. The highest BCUT2D eigenvalue weighted by Crippen LogP contribution is 2.28. The van der Waals surface area contributed by atoms with Gasteiger partial charge in [-0.25, -0.2) is 0 Å². The maximum absolute atomic E-state index is 11.1. The van der Waals surface area contributed by atoms with Crippen LogP contribution in [0, 0.1) is 10.1 Å². The van der Waals surface area contributed by atoms with Gasteiger partial charge in [0.25, 0.3) is 0 Å². The molecule has 1 N–H and O–H groups in total. The molecular weight excluding hydrogens is 272 g/mol. The fourth-order valence-corrected chi connectivity index (χ4v) is 1.68. The molecule has 0 fully saturated rings. The van der Waals surface area contributed by atoms with Crippen LogP contribution < -0.4 is 10.1 Å². The van der Waals surface area contributed by atoms with Gasteiger partial charge in [-0.3, -0.25) is 10.1 Å². The summed E-state index contributed by atoms with van der Waals surface area (Å²) in [5.41, 5.74) is 1.81. The van der Waals surface area contributed by atoms with Crippen LogP contribution in [0.2, 0.25) is 0 Å². The lowest BCUT2D eigenvalue weighted by Crippen LogP contribution is -2.18. The van der Waals surface area contributed by atoms with Crippen LogP contribution in [0.15, 0.2) is 30.4 Å². The van der Waals surface area contributed by atoms with E-state index in [2.05, 4.69) is 11.9 Å². The Morgan fingerprint density at radius 1 is 1.43 bits per heavy atom. The second-order valence-corrected chi connectivity index (χ2v) is 4.78. The zero-order chi connectivity index (χ0) is 15.7. The van der Waals surface area contributed by atoms with Crippen LogP contribution in [0.4, 0.5) is 5.69 Å². The number of nitro benzene ring substituents is 1. The van der Waals surface area contributed by atoms with Gasteiger partial charge in [-0.05, 0) is 18.6 Å². The molecule has 0 aromatic heterocycles. The quantitative estimate of drug-likeness (QED) is 0.311. The van der Waals surface area contributed by atoms with E-state index < -0.39 is 4.92 Å². The smallest absolute Gasteiger partial charge is 0.311 e. The Kier molecular flexibility index (Phi) is 7.42. The van der Waals surface area contributed by atoms with Crippen molar-refractivity contribution in [3.8, 4) is 5.75 Å². The highest BCUT2D eigenvalue weighted by Gasteiger charge is 2.15. The Balaban J connectivity index is 2.67. The lowest BCUT2D eigenvalue weighted by Gasteiger charge is -2.09. The van der Waals surface area contributed by atoms with E-state index in [9.17, 15) is 10.1 Å². The van der Waals surface area contributed by atoms with E-state index in [-0.39, 0.29) is 5.69 Å². The van der Waals surface area contributed by atoms with E-state index >= 15 is 0 Å². The van der Waals surface area contributed by atoms with E-state index in [0.29, 0.717) is 38.5 Å². The van der Waals surface area contributed by atoms with Crippen LogP contribution in [0.5, 0.6) is 5.75 Å². The van der Waals surface area contributed by atoms with Gasteiger partial charge in [-0.1, -0.05) is 11.6 Å². The van der Waals surface area contributed by atoms with Crippen molar-refractivity contribution in [2.24, 2.45) is 0 Å². The first-order valence-corrected chi connectivity index (χ1v) is 6.78. The predicted octanol–water partition coefficient (Wildman–Crippen LogP) is 2.68. The van der Waals surface area contributed by atoms with Gasteiger partial charge in [-0.2, -0.15) is 0 Å². The fraction of sp³-hybridized carbons (Fsp3) is 0.467. The van der Waals surface area contributed by atoms with Crippen molar-refractivity contribution >= 4 is 5.69 Å². The van der Waals surface area contributed by atoms with E-state index in [4.69, 9.17) is 9.47 Å². The Hall–Kier alpha value is -1.92. The molecule has 1 aromatic rings. The predicted molar refractivity (Wildman–Crippen MR) is 81.6 cm³/mol. The molecular formula is C15H22N2O4. The average Bonchev–Trinajstić information content (AvgIpc) is 2.44. The number of hydrogen-bond acceptors (Lipinski definition) is 5. The molecule has 0 bridgehead atoms. The SMILES string of the molecule is C=C(C)CCOc1ccc(CNCCOC)cc1[N+](=O)[O-]. The molecule has 0 heterocycles. The largest absolute Gasteiger partial charge is 0.486 e. The van der Waals surface area contributed by atoms with Gasteiger partial charge in [0.05, 0.1) is 18.1 Å². The zero-order valence-electron chi connectivity index (χ0n) is 12.6. The summed E-state index contributed by atoms with van der Waals surface area (Å²) < 4.78 is 10.4. The first kappa shape index (κ1) is 17.1. The molecule has 0 spiro atoms. The molecule has 1 aromatic carbocycles. The Morgan fingerprint density at radius 2 is 2.19 bits per heavy atom. The molecule has 1 rings (SSSR count). The minimum absolute atomic E-state index is 0.0113. The lowest BCUT2D eigenvalue weighted by molar-refractivity contribution is -0.385. The third-order valence-corrected chi connectivity index (χ3v) is 2.82. The first-order valence-electron chi connectivity index (χ1n) is 6.78. The van der Waals surface area contributed by atoms with E-state index in [1.54, 1.807) is 13.2 Å². The number of benzene rings is 1. The molecule has 0 radical (unpaired) electrons. The summed E-state index contributed by atoms with van der Waals surface area (Å²) in [6.07, 6.45) is 0.678. The summed E-state index contributed by atoms with van der Waals surface area (Å²) in [7, 11) is 1.63. The topological polar surface area (TPSA) is 73.6 Å². The standard InChI is InChI=1S/C15H22N2O4/c1-12(2)6-8-21-15-5-4-13(10-14(15)17(18)19)11-16-7-9-20-3/h4-5,10,16H,1,6-9,11H2,2-3H3. The average molecular weight is 294 g/mol. The molecule has 21 heavy (non-hydrogen) atoms. The Morgan fingerprint density at radius 3 is 2.81 bits per heavy atom. The third-order valence-electron chi connectivity index (χ3n) is 2.82. The van der Waals surface area contributed by atoms with Crippen LogP contribution in [-0.4, -0.2) is 31.8 Å². The van der Waals surface area contributed by atoms with Gasteiger partial charge in [-0.15, -0.1) is 6.58 Å². The minimum atomic E-state index is -0.422. The summed E-state index contributed by atoms with van der Waals surface area (Å²) in [5.74, 6) is 0.293. The van der Waals surface area contributed by atoms with Gasteiger partial charge in [0.1, 0.15) is 0 Å². The maximum atomic E-state index is 11.1. The number of rotatable bonds is 10. The van der Waals surface area contributed by atoms with E-state index in [1.165, 1.54) is 6.07 Å². The van der Waals surface area contributed by atoms with E-state index in [1.807, 2.05) is 13.0 Å². The molecule has 0 aliphatic rings. The number of nitrogens with zero attached hydrogens (tertiary/aromatic N) is 1. The first-order chi connectivity index (χ1) is 10.0. The highest BCUT2D eigenvalue weighted by molar-refractivity contribution is 5.48. The van der Waals surface area contributed by atoms with Crippen LogP contribution in [-0.2, 0) is 11.3 Å². The fourth-order valence-electron chi connectivity index (χ4n) is 1.68. The molecule has 116 valence electrons. The molecule has 0 saturated heterocycles. The summed E-state index contributed by atoms with van der Waals surface area (Å²) >= 11 is 0. The van der Waals surface area contributed by atoms with Gasteiger partial charge >= 0.3 is 5.69 Å². The summed E-state index contributed by atoms with van der Waals surface area (Å²) in [6.45, 7) is 7.91. The molecule has 0 aliphatic heterocycles. The summed E-state index contributed by atoms with van der Waals surface area (Å²) in [4.78, 5) is 10.7.